The molecule has 1 aromatic heterocycles. The minimum atomic E-state index is -1.37. The molecule has 2 aromatic rings. The van der Waals surface area contributed by atoms with Crippen LogP contribution < -0.4 is 0 Å². The molecule has 1 N–H and O–H groups in total. The Morgan fingerprint density at radius 1 is 1.25 bits per heavy atom. The van der Waals surface area contributed by atoms with Crippen LogP contribution in [0.5, 0.6) is 0 Å². The molecule has 1 atom stereocenters. The van der Waals surface area contributed by atoms with Crippen molar-refractivity contribution in [1.82, 2.24) is 0 Å². The zero-order valence-corrected chi connectivity index (χ0v) is 11.4. The molecule has 0 radical (unpaired) electrons. The minimum absolute atomic E-state index is 0.199. The number of carbonyl (C=O) groups excluding carboxylic acids is 1. The third kappa shape index (κ3) is 3.48. The van der Waals surface area contributed by atoms with Crippen LogP contribution >= 0.6 is 0 Å². The Balaban J connectivity index is 2.03. The van der Waals surface area contributed by atoms with Crippen LogP contribution in [0.2, 0.25) is 0 Å². The molecule has 0 bridgehead atoms. The predicted octanol–water partition coefficient (Wildman–Crippen LogP) is 3.32. The van der Waals surface area contributed by atoms with Gasteiger partial charge in [0.15, 0.2) is 0 Å². The SMILES string of the molecule is CCCCOC(=O)[C@@H](O)c1ccc(-c2ccccc2)o1. The normalized spacial score (nSPS) is 12.1. The summed E-state index contributed by atoms with van der Waals surface area (Å²) in [4.78, 5) is 11.6. The Kier molecular flexibility index (Phi) is 4.96. The average molecular weight is 274 g/mol. The predicted molar refractivity (Wildman–Crippen MR) is 75.0 cm³/mol. The van der Waals surface area contributed by atoms with Crippen LogP contribution in [0.1, 0.15) is 31.6 Å². The molecule has 0 aliphatic heterocycles. The van der Waals surface area contributed by atoms with E-state index in [-0.39, 0.29) is 5.76 Å². The van der Waals surface area contributed by atoms with E-state index in [1.807, 2.05) is 37.3 Å². The highest BCUT2D eigenvalue weighted by Crippen LogP contribution is 2.25. The van der Waals surface area contributed by atoms with E-state index in [0.29, 0.717) is 12.4 Å². The number of esters is 1. The van der Waals surface area contributed by atoms with Crippen molar-refractivity contribution >= 4 is 5.97 Å². The van der Waals surface area contributed by atoms with Crippen LogP contribution in [0.25, 0.3) is 11.3 Å². The first-order valence-corrected chi connectivity index (χ1v) is 6.72. The quantitative estimate of drug-likeness (QED) is 0.648. The number of aliphatic hydroxyl groups is 1. The van der Waals surface area contributed by atoms with E-state index >= 15 is 0 Å². The highest BCUT2D eigenvalue weighted by molar-refractivity contribution is 5.75. The Bertz CT molecular complexity index is 545. The summed E-state index contributed by atoms with van der Waals surface area (Å²) in [5.74, 6) is 0.138. The molecule has 0 unspecified atom stereocenters. The fraction of sp³-hybridized carbons (Fsp3) is 0.312. The van der Waals surface area contributed by atoms with Gasteiger partial charge in [-0.1, -0.05) is 43.7 Å². The lowest BCUT2D eigenvalue weighted by Gasteiger charge is -2.08. The summed E-state index contributed by atoms with van der Waals surface area (Å²) < 4.78 is 10.5. The average Bonchev–Trinajstić information content (AvgIpc) is 2.97. The van der Waals surface area contributed by atoms with E-state index in [2.05, 4.69) is 0 Å². The summed E-state index contributed by atoms with van der Waals surface area (Å²) >= 11 is 0. The fourth-order valence-electron chi connectivity index (χ4n) is 1.77. The topological polar surface area (TPSA) is 59.7 Å². The molecule has 0 saturated carbocycles. The lowest BCUT2D eigenvalue weighted by atomic mass is 10.2. The molecule has 4 heteroatoms. The summed E-state index contributed by atoms with van der Waals surface area (Å²) in [6, 6.07) is 12.8. The highest BCUT2D eigenvalue weighted by atomic mass is 16.5. The van der Waals surface area contributed by atoms with Crippen LogP contribution in [-0.4, -0.2) is 17.7 Å². The summed E-state index contributed by atoms with van der Waals surface area (Å²) in [5, 5.41) is 9.88. The monoisotopic (exact) mass is 274 g/mol. The zero-order chi connectivity index (χ0) is 14.4. The molecule has 1 heterocycles. The van der Waals surface area contributed by atoms with Gasteiger partial charge in [-0.05, 0) is 18.6 Å². The number of rotatable bonds is 6. The lowest BCUT2D eigenvalue weighted by molar-refractivity contribution is -0.154. The van der Waals surface area contributed by atoms with E-state index in [1.165, 1.54) is 0 Å². The first-order chi connectivity index (χ1) is 9.72. The molecular formula is C16H18O4. The third-order valence-corrected chi connectivity index (χ3v) is 2.92. The Morgan fingerprint density at radius 2 is 2.00 bits per heavy atom. The molecule has 0 spiro atoms. The van der Waals surface area contributed by atoms with Gasteiger partial charge < -0.3 is 14.3 Å². The molecule has 106 valence electrons. The summed E-state index contributed by atoms with van der Waals surface area (Å²) in [7, 11) is 0. The van der Waals surface area contributed by atoms with Crippen LogP contribution in [0.4, 0.5) is 0 Å². The molecule has 0 aliphatic rings. The van der Waals surface area contributed by atoms with Crippen molar-refractivity contribution in [2.75, 3.05) is 6.61 Å². The van der Waals surface area contributed by atoms with Crippen molar-refractivity contribution in [3.8, 4) is 11.3 Å². The first-order valence-electron chi connectivity index (χ1n) is 6.72. The third-order valence-electron chi connectivity index (χ3n) is 2.92. The molecule has 20 heavy (non-hydrogen) atoms. The molecule has 2 rings (SSSR count). The van der Waals surface area contributed by atoms with E-state index < -0.39 is 12.1 Å². The van der Waals surface area contributed by atoms with E-state index in [4.69, 9.17) is 9.15 Å². The van der Waals surface area contributed by atoms with Crippen LogP contribution in [0.15, 0.2) is 46.9 Å². The number of hydrogen-bond donors (Lipinski definition) is 1. The first kappa shape index (κ1) is 14.3. The maximum absolute atomic E-state index is 11.6. The van der Waals surface area contributed by atoms with Crippen LogP contribution in [0.3, 0.4) is 0 Å². The van der Waals surface area contributed by atoms with Crippen LogP contribution in [0, 0.1) is 0 Å². The molecule has 0 amide bonds. The van der Waals surface area contributed by atoms with E-state index in [1.54, 1.807) is 12.1 Å². The van der Waals surface area contributed by atoms with Crippen molar-refractivity contribution in [2.45, 2.75) is 25.9 Å². The number of ether oxygens (including phenoxy) is 1. The second-order valence-corrected chi connectivity index (χ2v) is 4.49. The number of unbranched alkanes of at least 4 members (excludes halogenated alkanes) is 1. The zero-order valence-electron chi connectivity index (χ0n) is 11.4. The van der Waals surface area contributed by atoms with Gasteiger partial charge in [0.25, 0.3) is 0 Å². The van der Waals surface area contributed by atoms with Crippen molar-refractivity contribution in [3.63, 3.8) is 0 Å². The van der Waals surface area contributed by atoms with Gasteiger partial charge in [0.2, 0.25) is 6.10 Å². The smallest absolute Gasteiger partial charge is 0.342 e. The Morgan fingerprint density at radius 3 is 2.70 bits per heavy atom. The molecule has 1 aromatic carbocycles. The summed E-state index contributed by atoms with van der Waals surface area (Å²) in [6.07, 6.45) is 0.345. The number of benzene rings is 1. The second kappa shape index (κ2) is 6.91. The summed E-state index contributed by atoms with van der Waals surface area (Å²) in [6.45, 7) is 2.32. The van der Waals surface area contributed by atoms with E-state index in [9.17, 15) is 9.90 Å². The van der Waals surface area contributed by atoms with Crippen LogP contribution in [-0.2, 0) is 9.53 Å². The maximum Gasteiger partial charge on any atom is 0.342 e. The lowest BCUT2D eigenvalue weighted by Crippen LogP contribution is -2.15. The molecule has 0 fully saturated rings. The number of furan rings is 1. The molecular weight excluding hydrogens is 256 g/mol. The standard InChI is InChI=1S/C16H18O4/c1-2-3-11-19-16(18)15(17)14-10-9-13(20-14)12-7-5-4-6-8-12/h4-10,15,17H,2-3,11H2,1H3/t15-/m0/s1. The van der Waals surface area contributed by atoms with Gasteiger partial charge in [-0.2, -0.15) is 0 Å². The van der Waals surface area contributed by atoms with Gasteiger partial charge >= 0.3 is 5.97 Å². The number of hydrogen-bond acceptors (Lipinski definition) is 4. The van der Waals surface area contributed by atoms with Gasteiger partial charge in [-0.3, -0.25) is 0 Å². The molecule has 0 aliphatic carbocycles. The minimum Gasteiger partial charge on any atom is -0.463 e. The van der Waals surface area contributed by atoms with Gasteiger partial charge in [-0.15, -0.1) is 0 Å². The number of carbonyl (C=O) groups is 1. The van der Waals surface area contributed by atoms with Gasteiger partial charge in [0, 0.05) is 5.56 Å². The highest BCUT2D eigenvalue weighted by Gasteiger charge is 2.22. The Labute approximate surface area is 118 Å². The maximum atomic E-state index is 11.6. The van der Waals surface area contributed by atoms with Crippen molar-refractivity contribution < 1.29 is 19.1 Å². The Hall–Kier alpha value is -2.07. The van der Waals surface area contributed by atoms with Crippen molar-refractivity contribution in [3.05, 3.63) is 48.2 Å². The van der Waals surface area contributed by atoms with E-state index in [0.717, 1.165) is 18.4 Å². The second-order valence-electron chi connectivity index (χ2n) is 4.49. The van der Waals surface area contributed by atoms with Gasteiger partial charge in [0.05, 0.1) is 6.61 Å². The largest absolute Gasteiger partial charge is 0.463 e. The van der Waals surface area contributed by atoms with Gasteiger partial charge in [-0.25, -0.2) is 4.79 Å². The molecule has 4 nitrogen and oxygen atoms in total. The van der Waals surface area contributed by atoms with Gasteiger partial charge in [0.1, 0.15) is 11.5 Å². The van der Waals surface area contributed by atoms with Crippen molar-refractivity contribution in [1.29, 1.82) is 0 Å². The number of aliphatic hydroxyl groups excluding tert-OH is 1. The summed E-state index contributed by atoms with van der Waals surface area (Å²) in [5.41, 5.74) is 0.894. The van der Waals surface area contributed by atoms with Crippen molar-refractivity contribution in [2.24, 2.45) is 0 Å². The molecule has 0 saturated heterocycles. The fourth-order valence-corrected chi connectivity index (χ4v) is 1.77.